The fourth-order valence-corrected chi connectivity index (χ4v) is 1.93. The van der Waals surface area contributed by atoms with Crippen molar-refractivity contribution in [3.63, 3.8) is 0 Å². The van der Waals surface area contributed by atoms with E-state index in [9.17, 15) is 14.9 Å². The topological polar surface area (TPSA) is 94.6 Å². The highest BCUT2D eigenvalue weighted by Crippen LogP contribution is 2.30. The first kappa shape index (κ1) is 15.0. The Morgan fingerprint density at radius 3 is 2.76 bits per heavy atom. The second kappa shape index (κ2) is 6.40. The van der Waals surface area contributed by atoms with E-state index >= 15 is 0 Å². The number of hydrogen-bond acceptors (Lipinski definition) is 5. The van der Waals surface area contributed by atoms with E-state index in [0.717, 1.165) is 0 Å². The van der Waals surface area contributed by atoms with Crippen LogP contribution in [-0.2, 0) is 0 Å². The molecule has 1 aromatic heterocycles. The number of hydrogen-bond donors (Lipinski definition) is 1. The first-order valence-electron chi connectivity index (χ1n) is 5.99. The first-order chi connectivity index (χ1) is 10.0. The Morgan fingerprint density at radius 1 is 1.43 bits per heavy atom. The third-order valence-electron chi connectivity index (χ3n) is 2.52. The minimum atomic E-state index is -0.530. The Labute approximate surface area is 128 Å². The lowest BCUT2D eigenvalue weighted by molar-refractivity contribution is -0.384. The van der Waals surface area contributed by atoms with Gasteiger partial charge in [-0.25, -0.2) is 0 Å². The number of amides is 1. The molecule has 0 aliphatic carbocycles. The Hall–Kier alpha value is -2.35. The number of benzene rings is 1. The molecular weight excluding hydrogens is 344 g/mol. The standard InChI is InChI=1S/C13H11BrN2O5/c1-2-20-11-7-8(16(18)19)3-4-9(11)15-13(17)10-5-6-12(14)21-10/h3-7H,2H2,1H3,(H,15,17). The summed E-state index contributed by atoms with van der Waals surface area (Å²) in [7, 11) is 0. The van der Waals surface area contributed by atoms with Gasteiger partial charge in [0.2, 0.25) is 0 Å². The van der Waals surface area contributed by atoms with Crippen LogP contribution in [0.2, 0.25) is 0 Å². The van der Waals surface area contributed by atoms with Gasteiger partial charge < -0.3 is 14.5 Å². The van der Waals surface area contributed by atoms with Crippen LogP contribution in [0.25, 0.3) is 0 Å². The SMILES string of the molecule is CCOc1cc([N+](=O)[O-])ccc1NC(=O)c1ccc(Br)o1. The zero-order valence-corrected chi connectivity index (χ0v) is 12.5. The van der Waals surface area contributed by atoms with Crippen LogP contribution in [0.5, 0.6) is 5.75 Å². The molecule has 7 nitrogen and oxygen atoms in total. The maximum atomic E-state index is 12.0. The van der Waals surface area contributed by atoms with Crippen molar-refractivity contribution in [3.8, 4) is 5.75 Å². The molecule has 0 saturated heterocycles. The molecule has 0 fully saturated rings. The normalized spacial score (nSPS) is 10.2. The van der Waals surface area contributed by atoms with E-state index in [0.29, 0.717) is 17.0 Å². The van der Waals surface area contributed by atoms with Crippen molar-refractivity contribution in [3.05, 3.63) is 50.9 Å². The molecule has 8 heteroatoms. The average Bonchev–Trinajstić information content (AvgIpc) is 2.87. The summed E-state index contributed by atoms with van der Waals surface area (Å²) < 4.78 is 10.9. The highest BCUT2D eigenvalue weighted by Gasteiger charge is 2.16. The van der Waals surface area contributed by atoms with Crippen molar-refractivity contribution in [2.75, 3.05) is 11.9 Å². The lowest BCUT2D eigenvalue weighted by atomic mass is 10.2. The van der Waals surface area contributed by atoms with Gasteiger partial charge in [-0.3, -0.25) is 14.9 Å². The number of nitro benzene ring substituents is 1. The van der Waals surface area contributed by atoms with Gasteiger partial charge in [0.05, 0.1) is 23.3 Å². The molecule has 0 unspecified atom stereocenters. The summed E-state index contributed by atoms with van der Waals surface area (Å²) in [5.41, 5.74) is 0.220. The van der Waals surface area contributed by atoms with Crippen molar-refractivity contribution in [2.24, 2.45) is 0 Å². The van der Waals surface area contributed by atoms with Crippen LogP contribution in [0.1, 0.15) is 17.5 Å². The van der Waals surface area contributed by atoms with Crippen LogP contribution < -0.4 is 10.1 Å². The maximum absolute atomic E-state index is 12.0. The molecule has 0 atom stereocenters. The molecule has 0 bridgehead atoms. The van der Waals surface area contributed by atoms with Gasteiger partial charge >= 0.3 is 0 Å². The quantitative estimate of drug-likeness (QED) is 0.653. The highest BCUT2D eigenvalue weighted by atomic mass is 79.9. The smallest absolute Gasteiger partial charge is 0.291 e. The third kappa shape index (κ3) is 3.60. The fourth-order valence-electron chi connectivity index (χ4n) is 1.62. The van der Waals surface area contributed by atoms with E-state index in [-0.39, 0.29) is 17.2 Å². The number of rotatable bonds is 5. The fraction of sp³-hybridized carbons (Fsp3) is 0.154. The number of nitrogens with one attached hydrogen (secondary N) is 1. The predicted molar refractivity (Wildman–Crippen MR) is 78.6 cm³/mol. The second-order valence-corrected chi connectivity index (χ2v) is 4.71. The molecule has 1 heterocycles. The number of carbonyl (C=O) groups is 1. The van der Waals surface area contributed by atoms with Crippen LogP contribution in [0.3, 0.4) is 0 Å². The largest absolute Gasteiger partial charge is 0.491 e. The van der Waals surface area contributed by atoms with Gasteiger partial charge in [-0.2, -0.15) is 0 Å². The Balaban J connectivity index is 2.26. The number of non-ortho nitro benzene ring substituents is 1. The molecule has 2 rings (SSSR count). The van der Waals surface area contributed by atoms with Gasteiger partial charge in [0, 0.05) is 6.07 Å². The Kier molecular flexibility index (Phi) is 4.59. The molecule has 2 aromatic rings. The maximum Gasteiger partial charge on any atom is 0.291 e. The zero-order chi connectivity index (χ0) is 15.4. The molecule has 0 saturated carbocycles. The van der Waals surface area contributed by atoms with Gasteiger partial charge in [0.15, 0.2) is 10.4 Å². The van der Waals surface area contributed by atoms with Crippen LogP contribution in [0.15, 0.2) is 39.4 Å². The van der Waals surface area contributed by atoms with E-state index in [1.807, 2.05) is 0 Å². The van der Waals surface area contributed by atoms with Crippen molar-refractivity contribution in [1.29, 1.82) is 0 Å². The number of furan rings is 1. The van der Waals surface area contributed by atoms with Crippen molar-refractivity contribution in [1.82, 2.24) is 0 Å². The number of nitrogens with zero attached hydrogens (tertiary/aromatic N) is 1. The Morgan fingerprint density at radius 2 is 2.19 bits per heavy atom. The number of nitro groups is 1. The summed E-state index contributed by atoms with van der Waals surface area (Å²) in [5, 5.41) is 13.3. The van der Waals surface area contributed by atoms with E-state index in [2.05, 4.69) is 21.2 Å². The molecule has 1 aromatic carbocycles. The lowest BCUT2D eigenvalue weighted by Crippen LogP contribution is -2.12. The average molecular weight is 355 g/mol. The van der Waals surface area contributed by atoms with E-state index in [1.54, 1.807) is 13.0 Å². The molecule has 1 N–H and O–H groups in total. The van der Waals surface area contributed by atoms with Crippen molar-refractivity contribution in [2.45, 2.75) is 6.92 Å². The summed E-state index contributed by atoms with van der Waals surface area (Å²) in [6.07, 6.45) is 0. The molecule has 0 aliphatic rings. The number of anilines is 1. The summed E-state index contributed by atoms with van der Waals surface area (Å²) >= 11 is 3.10. The number of carbonyl (C=O) groups excluding carboxylic acids is 1. The number of ether oxygens (including phenoxy) is 1. The molecule has 21 heavy (non-hydrogen) atoms. The zero-order valence-electron chi connectivity index (χ0n) is 11.0. The highest BCUT2D eigenvalue weighted by molar-refractivity contribution is 9.10. The van der Waals surface area contributed by atoms with Gasteiger partial charge in [-0.15, -0.1) is 0 Å². The van der Waals surface area contributed by atoms with Crippen LogP contribution in [0, 0.1) is 10.1 Å². The minimum Gasteiger partial charge on any atom is -0.491 e. The molecule has 0 spiro atoms. The summed E-state index contributed by atoms with van der Waals surface area (Å²) in [4.78, 5) is 22.2. The van der Waals surface area contributed by atoms with E-state index in [4.69, 9.17) is 9.15 Å². The number of halogens is 1. The predicted octanol–water partition coefficient (Wildman–Crippen LogP) is 3.60. The summed E-state index contributed by atoms with van der Waals surface area (Å²) in [6, 6.07) is 7.06. The molecule has 0 radical (unpaired) electrons. The lowest BCUT2D eigenvalue weighted by Gasteiger charge is -2.10. The molecular formula is C13H11BrN2O5. The van der Waals surface area contributed by atoms with Gasteiger partial charge in [0.1, 0.15) is 5.75 Å². The second-order valence-electron chi connectivity index (χ2n) is 3.93. The monoisotopic (exact) mass is 354 g/mol. The van der Waals surface area contributed by atoms with E-state index < -0.39 is 10.8 Å². The van der Waals surface area contributed by atoms with Gasteiger partial charge in [0.25, 0.3) is 11.6 Å². The van der Waals surface area contributed by atoms with E-state index in [1.165, 1.54) is 24.3 Å². The summed E-state index contributed by atoms with van der Waals surface area (Å²) in [6.45, 7) is 2.06. The third-order valence-corrected chi connectivity index (χ3v) is 2.95. The molecule has 1 amide bonds. The Bertz CT molecular complexity index is 683. The van der Waals surface area contributed by atoms with Crippen LogP contribution in [0.4, 0.5) is 11.4 Å². The first-order valence-corrected chi connectivity index (χ1v) is 6.78. The molecule has 0 aliphatic heterocycles. The molecule has 110 valence electrons. The van der Waals surface area contributed by atoms with Gasteiger partial charge in [-0.05, 0) is 41.1 Å². The van der Waals surface area contributed by atoms with Gasteiger partial charge in [-0.1, -0.05) is 0 Å². The van der Waals surface area contributed by atoms with Crippen molar-refractivity contribution >= 4 is 33.2 Å². The summed E-state index contributed by atoms with van der Waals surface area (Å²) in [5.74, 6) is -0.135. The van der Waals surface area contributed by atoms with Crippen LogP contribution >= 0.6 is 15.9 Å². The minimum absolute atomic E-state index is 0.114. The van der Waals surface area contributed by atoms with Crippen LogP contribution in [-0.4, -0.2) is 17.4 Å². The van der Waals surface area contributed by atoms with Crippen molar-refractivity contribution < 1.29 is 18.9 Å².